The summed E-state index contributed by atoms with van der Waals surface area (Å²) < 4.78 is 0. The molecule has 124 valence electrons. The van der Waals surface area contributed by atoms with E-state index in [1.807, 2.05) is 41.8 Å². The van der Waals surface area contributed by atoms with Crippen LogP contribution in [-0.4, -0.2) is 29.0 Å². The van der Waals surface area contributed by atoms with Gasteiger partial charge in [-0.3, -0.25) is 9.59 Å². The molecule has 0 aliphatic carbocycles. The van der Waals surface area contributed by atoms with E-state index in [-0.39, 0.29) is 18.4 Å². The molecule has 1 aliphatic rings. The van der Waals surface area contributed by atoms with E-state index in [4.69, 9.17) is 5.26 Å². The summed E-state index contributed by atoms with van der Waals surface area (Å²) in [6, 6.07) is 18.2. The molecule has 2 aromatic rings. The lowest BCUT2D eigenvalue weighted by Crippen LogP contribution is -2.39. The Morgan fingerprint density at radius 3 is 2.76 bits per heavy atom. The maximum Gasteiger partial charge on any atom is 0.244 e. The van der Waals surface area contributed by atoms with Crippen LogP contribution in [0.25, 0.3) is 5.70 Å². The highest BCUT2D eigenvalue weighted by atomic mass is 32.2. The summed E-state index contributed by atoms with van der Waals surface area (Å²) in [5, 5.41) is 13.6. The van der Waals surface area contributed by atoms with Crippen LogP contribution in [0.2, 0.25) is 0 Å². The number of hydrogen-bond acceptors (Lipinski definition) is 4. The lowest BCUT2D eigenvalue weighted by Gasteiger charge is -2.28. The number of benzene rings is 2. The van der Waals surface area contributed by atoms with Crippen LogP contribution in [0.1, 0.15) is 11.1 Å². The molecule has 0 bridgehead atoms. The van der Waals surface area contributed by atoms with Crippen molar-refractivity contribution >= 4 is 35.0 Å². The van der Waals surface area contributed by atoms with Gasteiger partial charge in [-0.15, -0.1) is 11.8 Å². The minimum atomic E-state index is -0.308. The molecular formula is C19H15N3O2S. The highest BCUT2D eigenvalue weighted by Gasteiger charge is 2.25. The van der Waals surface area contributed by atoms with E-state index >= 15 is 0 Å². The Bertz CT molecular complexity index is 872. The molecule has 3 rings (SSSR count). The largest absolute Gasteiger partial charge is 0.324 e. The van der Waals surface area contributed by atoms with Gasteiger partial charge in [-0.2, -0.15) is 5.26 Å². The van der Waals surface area contributed by atoms with Crippen molar-refractivity contribution in [1.29, 1.82) is 5.26 Å². The number of anilines is 1. The van der Waals surface area contributed by atoms with Crippen LogP contribution in [0.4, 0.5) is 5.69 Å². The molecule has 1 aliphatic heterocycles. The van der Waals surface area contributed by atoms with Gasteiger partial charge in [0.1, 0.15) is 6.54 Å². The van der Waals surface area contributed by atoms with Gasteiger partial charge >= 0.3 is 0 Å². The Labute approximate surface area is 149 Å². The monoisotopic (exact) mass is 349 g/mol. The molecule has 0 aromatic heterocycles. The molecule has 0 saturated carbocycles. The van der Waals surface area contributed by atoms with E-state index in [0.29, 0.717) is 17.0 Å². The summed E-state index contributed by atoms with van der Waals surface area (Å²) in [6.45, 7) is -0.0725. The highest BCUT2D eigenvalue weighted by molar-refractivity contribution is 8.03. The Hall–Kier alpha value is -3.04. The quantitative estimate of drug-likeness (QED) is 0.921. The van der Waals surface area contributed by atoms with Gasteiger partial charge in [-0.25, -0.2) is 0 Å². The van der Waals surface area contributed by atoms with Crippen molar-refractivity contribution in [3.8, 4) is 6.07 Å². The molecule has 0 spiro atoms. The van der Waals surface area contributed by atoms with Crippen LogP contribution in [0.5, 0.6) is 0 Å². The van der Waals surface area contributed by atoms with E-state index < -0.39 is 0 Å². The van der Waals surface area contributed by atoms with Crippen LogP contribution >= 0.6 is 11.8 Å². The number of carbonyl (C=O) groups is 2. The Morgan fingerprint density at radius 2 is 2.00 bits per heavy atom. The van der Waals surface area contributed by atoms with Crippen molar-refractivity contribution in [1.82, 2.24) is 4.90 Å². The van der Waals surface area contributed by atoms with Crippen molar-refractivity contribution in [2.24, 2.45) is 0 Å². The van der Waals surface area contributed by atoms with E-state index in [2.05, 4.69) is 5.32 Å². The second-order valence-electron chi connectivity index (χ2n) is 5.40. The Kier molecular flexibility index (Phi) is 5.17. The molecule has 0 fully saturated rings. The smallest absolute Gasteiger partial charge is 0.244 e. The van der Waals surface area contributed by atoms with Crippen molar-refractivity contribution < 1.29 is 9.59 Å². The summed E-state index contributed by atoms with van der Waals surface area (Å²) in [5.74, 6) is -0.0995. The zero-order chi connectivity index (χ0) is 17.6. The Morgan fingerprint density at radius 1 is 1.20 bits per heavy atom. The number of thioether (sulfide) groups is 1. The summed E-state index contributed by atoms with van der Waals surface area (Å²) in [6.07, 6.45) is 0. The molecule has 0 saturated heterocycles. The molecule has 5 nitrogen and oxygen atoms in total. The van der Waals surface area contributed by atoms with Gasteiger partial charge in [0.25, 0.3) is 0 Å². The van der Waals surface area contributed by atoms with Gasteiger partial charge in [-0.1, -0.05) is 36.4 Å². The SMILES string of the molecule is N#Cc1cccc(NC(=O)CN2C(=O)CSC=C2c2ccccc2)c1. The predicted molar refractivity (Wildman–Crippen MR) is 98.4 cm³/mol. The van der Waals surface area contributed by atoms with Crippen LogP contribution < -0.4 is 5.32 Å². The molecule has 1 heterocycles. The third-order valence-corrected chi connectivity index (χ3v) is 4.44. The van der Waals surface area contributed by atoms with Crippen molar-refractivity contribution in [3.63, 3.8) is 0 Å². The second-order valence-corrected chi connectivity index (χ2v) is 6.26. The Balaban J connectivity index is 1.76. The summed E-state index contributed by atoms with van der Waals surface area (Å²) in [4.78, 5) is 26.2. The van der Waals surface area contributed by atoms with Gasteiger partial charge < -0.3 is 10.2 Å². The fraction of sp³-hybridized carbons (Fsp3) is 0.105. The summed E-state index contributed by atoms with van der Waals surface area (Å²) >= 11 is 1.42. The number of nitrogens with one attached hydrogen (secondary N) is 1. The molecule has 1 N–H and O–H groups in total. The van der Waals surface area contributed by atoms with E-state index in [1.165, 1.54) is 16.7 Å². The van der Waals surface area contributed by atoms with Crippen molar-refractivity contribution in [2.75, 3.05) is 17.6 Å². The second kappa shape index (κ2) is 7.69. The standard InChI is InChI=1S/C19H15N3O2S/c20-10-14-5-4-8-16(9-14)21-18(23)11-22-17(12-25-13-19(22)24)15-6-2-1-3-7-15/h1-9,12H,11,13H2,(H,21,23). The molecule has 0 radical (unpaired) electrons. The average molecular weight is 349 g/mol. The number of nitriles is 1. The zero-order valence-electron chi connectivity index (χ0n) is 13.3. The third kappa shape index (κ3) is 4.08. The van der Waals surface area contributed by atoms with Gasteiger partial charge in [-0.05, 0) is 29.2 Å². The third-order valence-electron chi connectivity index (χ3n) is 3.64. The van der Waals surface area contributed by atoms with Gasteiger partial charge in [0.2, 0.25) is 11.8 Å². The van der Waals surface area contributed by atoms with Gasteiger partial charge in [0, 0.05) is 5.69 Å². The first-order valence-electron chi connectivity index (χ1n) is 7.65. The first-order valence-corrected chi connectivity index (χ1v) is 8.70. The number of nitrogens with zero attached hydrogens (tertiary/aromatic N) is 2. The van der Waals surface area contributed by atoms with Gasteiger partial charge in [0.05, 0.1) is 23.1 Å². The number of rotatable bonds is 4. The number of hydrogen-bond donors (Lipinski definition) is 1. The summed E-state index contributed by atoms with van der Waals surface area (Å²) in [5.41, 5.74) is 2.62. The van der Waals surface area contributed by atoms with Crippen molar-refractivity contribution in [2.45, 2.75) is 0 Å². The van der Waals surface area contributed by atoms with Crippen molar-refractivity contribution in [3.05, 3.63) is 71.1 Å². The molecule has 2 amide bonds. The van der Waals surface area contributed by atoms with Gasteiger partial charge in [0.15, 0.2) is 0 Å². The minimum Gasteiger partial charge on any atom is -0.324 e. The molecular weight excluding hydrogens is 334 g/mol. The first kappa shape index (κ1) is 16.8. The normalized spacial score (nSPS) is 13.8. The lowest BCUT2D eigenvalue weighted by molar-refractivity contribution is -0.129. The molecule has 0 unspecified atom stereocenters. The minimum absolute atomic E-state index is 0.0725. The maximum atomic E-state index is 12.4. The van der Waals surface area contributed by atoms with E-state index in [0.717, 1.165) is 11.3 Å². The molecule has 2 aromatic carbocycles. The fourth-order valence-corrected chi connectivity index (χ4v) is 3.29. The number of carbonyl (C=O) groups excluding carboxylic acids is 2. The topological polar surface area (TPSA) is 73.2 Å². The molecule has 6 heteroatoms. The fourth-order valence-electron chi connectivity index (χ4n) is 2.48. The summed E-state index contributed by atoms with van der Waals surface area (Å²) in [7, 11) is 0. The zero-order valence-corrected chi connectivity index (χ0v) is 14.1. The highest BCUT2D eigenvalue weighted by Crippen LogP contribution is 2.28. The first-order chi connectivity index (χ1) is 12.2. The number of amides is 2. The predicted octanol–water partition coefficient (Wildman–Crippen LogP) is 3.07. The van der Waals surface area contributed by atoms with E-state index in [1.54, 1.807) is 24.3 Å². The van der Waals surface area contributed by atoms with Crippen LogP contribution in [-0.2, 0) is 9.59 Å². The average Bonchev–Trinajstić information content (AvgIpc) is 2.64. The lowest BCUT2D eigenvalue weighted by atomic mass is 10.1. The van der Waals surface area contributed by atoms with Crippen LogP contribution in [0.3, 0.4) is 0 Å². The maximum absolute atomic E-state index is 12.4. The van der Waals surface area contributed by atoms with Crippen LogP contribution in [0, 0.1) is 11.3 Å². The molecule has 0 atom stereocenters. The molecule has 25 heavy (non-hydrogen) atoms. The van der Waals surface area contributed by atoms with E-state index in [9.17, 15) is 9.59 Å². The van der Waals surface area contributed by atoms with Crippen LogP contribution in [0.15, 0.2) is 60.0 Å².